The number of hydrogen-bond donors (Lipinski definition) is 0. The molecule has 2 aromatic carbocycles. The van der Waals surface area contributed by atoms with Crippen molar-refractivity contribution in [3.8, 4) is 17.2 Å². The number of fused-ring (bicyclic) bond motifs is 2. The summed E-state index contributed by atoms with van der Waals surface area (Å²) < 4.78 is 16.6. The molecule has 0 aliphatic carbocycles. The fourth-order valence-corrected chi connectivity index (χ4v) is 5.78. The molecule has 10 heteroatoms. The Balaban J connectivity index is 1.08. The number of aromatic nitrogens is 1. The zero-order chi connectivity index (χ0) is 27.1. The van der Waals surface area contributed by atoms with Crippen molar-refractivity contribution in [1.82, 2.24) is 14.8 Å². The van der Waals surface area contributed by atoms with Crippen LogP contribution in [0.5, 0.6) is 17.2 Å². The summed E-state index contributed by atoms with van der Waals surface area (Å²) in [4.78, 5) is 36.6. The lowest BCUT2D eigenvalue weighted by Gasteiger charge is -2.34. The fourth-order valence-electron chi connectivity index (χ4n) is 5.03. The van der Waals surface area contributed by atoms with Gasteiger partial charge in [0.25, 0.3) is 11.8 Å². The molecule has 3 aliphatic heterocycles. The molecule has 0 bridgehead atoms. The maximum atomic E-state index is 13.2. The minimum Gasteiger partial charge on any atom is -0.482 e. The van der Waals surface area contributed by atoms with E-state index in [0.29, 0.717) is 31.1 Å². The summed E-state index contributed by atoms with van der Waals surface area (Å²) in [5.74, 6) is 2.08. The highest BCUT2D eigenvalue weighted by Gasteiger charge is 2.30. The molecule has 0 unspecified atom stereocenters. The number of amides is 2. The van der Waals surface area contributed by atoms with Crippen LogP contribution < -0.4 is 19.1 Å². The Morgan fingerprint density at radius 2 is 1.72 bits per heavy atom. The summed E-state index contributed by atoms with van der Waals surface area (Å²) in [6.07, 6.45) is 0. The Labute approximate surface area is 231 Å². The first-order valence-electron chi connectivity index (χ1n) is 13.2. The van der Waals surface area contributed by atoms with Crippen LogP contribution in [0, 0.1) is 0 Å². The SMILES string of the molecule is CC(C)(C)c1ccc2c(c1)N(Cc1nc(C(=O)N3CCN(Cc4ccc5c(c4)OCO5)CC3)cs1)C(=O)CO2. The second-order valence-corrected chi connectivity index (χ2v) is 12.0. The Morgan fingerprint density at radius 3 is 2.51 bits per heavy atom. The molecule has 0 N–H and O–H groups in total. The van der Waals surface area contributed by atoms with Gasteiger partial charge in [-0.2, -0.15) is 0 Å². The van der Waals surface area contributed by atoms with Gasteiger partial charge in [-0.1, -0.05) is 32.9 Å². The highest BCUT2D eigenvalue weighted by molar-refractivity contribution is 7.09. The molecule has 1 saturated heterocycles. The molecule has 1 fully saturated rings. The van der Waals surface area contributed by atoms with E-state index in [1.165, 1.54) is 11.3 Å². The van der Waals surface area contributed by atoms with E-state index in [-0.39, 0.29) is 30.6 Å². The van der Waals surface area contributed by atoms with E-state index in [4.69, 9.17) is 14.2 Å². The molecule has 0 radical (unpaired) electrons. The zero-order valence-corrected chi connectivity index (χ0v) is 23.3. The number of carbonyl (C=O) groups is 2. The smallest absolute Gasteiger partial charge is 0.273 e. The standard InChI is InChI=1S/C29H32N4O5S/c1-29(2,3)20-5-7-23-22(13-20)33(27(34)16-36-23)15-26-30-21(17-39-26)28(35)32-10-8-31(9-11-32)14-19-4-6-24-25(12-19)38-18-37-24/h4-7,12-13,17H,8-11,14-16,18H2,1-3H3. The van der Waals surface area contributed by atoms with Crippen LogP contribution in [-0.4, -0.2) is 66.2 Å². The molecule has 39 heavy (non-hydrogen) atoms. The molecule has 3 aliphatic rings. The lowest BCUT2D eigenvalue weighted by Crippen LogP contribution is -2.48. The molecule has 204 valence electrons. The number of anilines is 1. The highest BCUT2D eigenvalue weighted by atomic mass is 32.1. The van der Waals surface area contributed by atoms with Gasteiger partial charge in [0.05, 0.1) is 12.2 Å². The molecule has 3 aromatic rings. The molecule has 0 atom stereocenters. The predicted octanol–water partition coefficient (Wildman–Crippen LogP) is 4.05. The lowest BCUT2D eigenvalue weighted by atomic mass is 9.86. The Kier molecular flexibility index (Phi) is 6.68. The summed E-state index contributed by atoms with van der Waals surface area (Å²) in [5.41, 5.74) is 3.41. The second-order valence-electron chi connectivity index (χ2n) is 11.1. The minimum absolute atomic E-state index is 0.00440. The predicted molar refractivity (Wildman–Crippen MR) is 148 cm³/mol. The van der Waals surface area contributed by atoms with Crippen molar-refractivity contribution >= 4 is 28.8 Å². The van der Waals surface area contributed by atoms with Gasteiger partial charge in [-0.25, -0.2) is 4.98 Å². The van der Waals surface area contributed by atoms with E-state index >= 15 is 0 Å². The number of thiazole rings is 1. The molecule has 4 heterocycles. The van der Waals surface area contributed by atoms with E-state index in [1.807, 2.05) is 35.2 Å². The van der Waals surface area contributed by atoms with E-state index in [9.17, 15) is 9.59 Å². The van der Waals surface area contributed by atoms with Crippen LogP contribution in [0.3, 0.4) is 0 Å². The molecule has 2 amide bonds. The van der Waals surface area contributed by atoms with Crippen LogP contribution >= 0.6 is 11.3 Å². The molecular weight excluding hydrogens is 516 g/mol. The number of carbonyl (C=O) groups excluding carboxylic acids is 2. The average molecular weight is 549 g/mol. The van der Waals surface area contributed by atoms with Crippen molar-refractivity contribution in [1.29, 1.82) is 0 Å². The molecule has 1 aromatic heterocycles. The van der Waals surface area contributed by atoms with Crippen molar-refractivity contribution < 1.29 is 23.8 Å². The van der Waals surface area contributed by atoms with E-state index < -0.39 is 0 Å². The van der Waals surface area contributed by atoms with Gasteiger partial charge in [-0.15, -0.1) is 11.3 Å². The number of piperazine rings is 1. The van der Waals surface area contributed by atoms with Crippen LogP contribution in [-0.2, 0) is 23.3 Å². The van der Waals surface area contributed by atoms with Crippen LogP contribution in [0.15, 0.2) is 41.8 Å². The Bertz CT molecular complexity index is 1410. The fraction of sp³-hybridized carbons (Fsp3) is 0.414. The van der Waals surface area contributed by atoms with Crippen LogP contribution in [0.4, 0.5) is 5.69 Å². The number of ether oxygens (including phenoxy) is 3. The first kappa shape index (κ1) is 25.6. The second kappa shape index (κ2) is 10.2. The summed E-state index contributed by atoms with van der Waals surface area (Å²) in [6, 6.07) is 12.0. The quantitative estimate of drug-likeness (QED) is 0.476. The number of hydrogen-bond acceptors (Lipinski definition) is 8. The lowest BCUT2D eigenvalue weighted by molar-refractivity contribution is -0.121. The third kappa shape index (κ3) is 5.31. The number of rotatable bonds is 5. The number of benzene rings is 2. The molecular formula is C29H32N4O5S. The van der Waals surface area contributed by atoms with Crippen molar-refractivity contribution in [2.24, 2.45) is 0 Å². The van der Waals surface area contributed by atoms with Crippen LogP contribution in [0.1, 0.15) is 47.4 Å². The van der Waals surface area contributed by atoms with Crippen molar-refractivity contribution in [3.63, 3.8) is 0 Å². The zero-order valence-electron chi connectivity index (χ0n) is 22.4. The first-order chi connectivity index (χ1) is 18.7. The summed E-state index contributed by atoms with van der Waals surface area (Å²) >= 11 is 1.41. The van der Waals surface area contributed by atoms with Gasteiger partial charge in [0.1, 0.15) is 16.5 Å². The maximum absolute atomic E-state index is 13.2. The molecule has 0 spiro atoms. The van der Waals surface area contributed by atoms with E-state index in [0.717, 1.165) is 53.0 Å². The Morgan fingerprint density at radius 1 is 0.949 bits per heavy atom. The van der Waals surface area contributed by atoms with Crippen molar-refractivity contribution in [3.05, 3.63) is 63.6 Å². The summed E-state index contributed by atoms with van der Waals surface area (Å²) in [5, 5.41) is 2.52. The minimum atomic E-state index is -0.116. The topological polar surface area (TPSA) is 84.4 Å². The van der Waals surface area contributed by atoms with Crippen molar-refractivity contribution in [2.45, 2.75) is 39.3 Å². The van der Waals surface area contributed by atoms with Gasteiger partial charge >= 0.3 is 0 Å². The maximum Gasteiger partial charge on any atom is 0.273 e. The van der Waals surface area contributed by atoms with Gasteiger partial charge in [0.15, 0.2) is 18.1 Å². The molecule has 6 rings (SSSR count). The van der Waals surface area contributed by atoms with E-state index in [2.05, 4.69) is 36.7 Å². The normalized spacial score (nSPS) is 17.3. The third-order valence-electron chi connectivity index (χ3n) is 7.33. The monoisotopic (exact) mass is 548 g/mol. The van der Waals surface area contributed by atoms with Crippen LogP contribution in [0.2, 0.25) is 0 Å². The van der Waals surface area contributed by atoms with Gasteiger partial charge in [-0.05, 0) is 40.8 Å². The van der Waals surface area contributed by atoms with Crippen LogP contribution in [0.25, 0.3) is 0 Å². The highest BCUT2D eigenvalue weighted by Crippen LogP contribution is 2.37. The van der Waals surface area contributed by atoms with Crippen molar-refractivity contribution in [2.75, 3.05) is 44.5 Å². The number of nitrogens with zero attached hydrogens (tertiary/aromatic N) is 4. The average Bonchev–Trinajstić information content (AvgIpc) is 3.59. The Hall–Kier alpha value is -3.63. The van der Waals surface area contributed by atoms with Gasteiger partial charge < -0.3 is 19.1 Å². The van der Waals surface area contributed by atoms with E-state index in [1.54, 1.807) is 10.3 Å². The first-order valence-corrected chi connectivity index (χ1v) is 14.0. The van der Waals surface area contributed by atoms with Gasteiger partial charge in [-0.3, -0.25) is 19.4 Å². The summed E-state index contributed by atoms with van der Waals surface area (Å²) in [6.45, 7) is 10.6. The molecule has 0 saturated carbocycles. The van der Waals surface area contributed by atoms with Gasteiger partial charge in [0, 0.05) is 38.1 Å². The third-order valence-corrected chi connectivity index (χ3v) is 8.17. The summed E-state index contributed by atoms with van der Waals surface area (Å²) in [7, 11) is 0. The molecule has 9 nitrogen and oxygen atoms in total. The van der Waals surface area contributed by atoms with Gasteiger partial charge in [0.2, 0.25) is 6.79 Å². The largest absolute Gasteiger partial charge is 0.482 e.